The Morgan fingerprint density at radius 1 is 0.750 bits per heavy atom. The van der Waals surface area contributed by atoms with Crippen LogP contribution in [0.5, 0.6) is 0 Å². The van der Waals surface area contributed by atoms with Crippen molar-refractivity contribution < 1.29 is 8.42 Å². The summed E-state index contributed by atoms with van der Waals surface area (Å²) in [7, 11) is -3.91. The smallest absolute Gasteiger partial charge is 0.258 e. The van der Waals surface area contributed by atoms with Crippen molar-refractivity contribution in [2.24, 2.45) is 0 Å². The zero-order valence-electron chi connectivity index (χ0n) is 16.9. The van der Waals surface area contributed by atoms with Crippen molar-refractivity contribution in [2.45, 2.75) is 11.6 Å². The van der Waals surface area contributed by atoms with Crippen LogP contribution in [0, 0.1) is 0 Å². The first kappa shape index (κ1) is 20.0. The van der Waals surface area contributed by atoms with Gasteiger partial charge in [-0.3, -0.25) is 5.10 Å². The zero-order chi connectivity index (χ0) is 22.0. The van der Waals surface area contributed by atoms with Crippen LogP contribution in [-0.4, -0.2) is 28.8 Å². The number of H-pyrrole nitrogens is 1. The van der Waals surface area contributed by atoms with Crippen molar-refractivity contribution in [1.82, 2.24) is 25.1 Å². The molecule has 2 N–H and O–H groups in total. The monoisotopic (exact) mass is 441 g/mol. The predicted octanol–water partition coefficient (Wildman–Crippen LogP) is 4.17. The highest BCUT2D eigenvalue weighted by Crippen LogP contribution is 2.37. The van der Waals surface area contributed by atoms with Crippen molar-refractivity contribution in [1.29, 1.82) is 0 Å². The van der Waals surface area contributed by atoms with E-state index in [1.165, 1.54) is 0 Å². The highest BCUT2D eigenvalue weighted by Gasteiger charge is 2.26. The van der Waals surface area contributed by atoms with Crippen LogP contribution >= 0.6 is 0 Å². The quantitative estimate of drug-likeness (QED) is 0.412. The Kier molecular flexibility index (Phi) is 5.22. The summed E-state index contributed by atoms with van der Waals surface area (Å²) < 4.78 is 29.2. The van der Waals surface area contributed by atoms with Crippen LogP contribution in [0.4, 0.5) is 0 Å². The fraction of sp³-hybridized carbons (Fsp3) is 0.0417. The summed E-state index contributed by atoms with van der Waals surface area (Å²) in [5.41, 5.74) is 4.01. The number of nitrogens with one attached hydrogen (secondary N) is 2. The topological polar surface area (TPSA) is 101 Å². The third kappa shape index (κ3) is 3.77. The molecule has 5 rings (SSSR count). The maximum atomic E-state index is 13.3. The Morgan fingerprint density at radius 2 is 1.34 bits per heavy atom. The van der Waals surface area contributed by atoms with Crippen LogP contribution in [0.25, 0.3) is 33.4 Å². The van der Waals surface area contributed by atoms with E-state index in [1.807, 2.05) is 91.0 Å². The summed E-state index contributed by atoms with van der Waals surface area (Å²) in [6.45, 7) is 0.161. The second-order valence-electron chi connectivity index (χ2n) is 7.22. The molecular weight excluding hydrogens is 422 g/mol. The van der Waals surface area contributed by atoms with Crippen molar-refractivity contribution in [3.05, 3.63) is 96.6 Å². The van der Waals surface area contributed by atoms with E-state index in [1.54, 1.807) is 0 Å². The summed E-state index contributed by atoms with van der Waals surface area (Å²) in [4.78, 5) is 0. The highest BCUT2D eigenvalue weighted by molar-refractivity contribution is 7.89. The normalized spacial score (nSPS) is 11.6. The lowest BCUT2D eigenvalue weighted by atomic mass is 9.98. The first-order chi connectivity index (χ1) is 15.6. The molecule has 0 bridgehead atoms. The zero-order valence-corrected chi connectivity index (χ0v) is 17.8. The number of sulfonamides is 1. The van der Waals surface area contributed by atoms with Crippen LogP contribution in [0.3, 0.4) is 0 Å². The van der Waals surface area contributed by atoms with Gasteiger partial charge in [-0.25, -0.2) is 13.1 Å². The molecule has 8 heteroatoms. The second kappa shape index (κ2) is 8.33. The third-order valence-corrected chi connectivity index (χ3v) is 6.49. The first-order valence-corrected chi connectivity index (χ1v) is 11.5. The van der Waals surface area contributed by atoms with Gasteiger partial charge in [-0.05, 0) is 11.1 Å². The van der Waals surface area contributed by atoms with Crippen molar-refractivity contribution >= 4 is 21.1 Å². The lowest BCUT2D eigenvalue weighted by Crippen LogP contribution is -2.24. The van der Waals surface area contributed by atoms with E-state index in [0.29, 0.717) is 16.6 Å². The molecule has 158 valence electrons. The fourth-order valence-electron chi connectivity index (χ4n) is 3.61. The van der Waals surface area contributed by atoms with Gasteiger partial charge in [0.05, 0.1) is 5.39 Å². The van der Waals surface area contributed by atoms with Gasteiger partial charge in [0.25, 0.3) is 10.0 Å². The number of aromatic nitrogens is 4. The maximum Gasteiger partial charge on any atom is 0.258 e. The van der Waals surface area contributed by atoms with Gasteiger partial charge in [-0.2, -0.15) is 5.10 Å². The van der Waals surface area contributed by atoms with Gasteiger partial charge in [-0.1, -0.05) is 91.0 Å². The van der Waals surface area contributed by atoms with E-state index in [2.05, 4.69) is 25.1 Å². The molecule has 0 saturated heterocycles. The molecule has 0 aliphatic carbocycles. The summed E-state index contributed by atoms with van der Waals surface area (Å²) >= 11 is 0. The SMILES string of the molecule is O=S(=O)(NCc1ccccc1)c1[nH]nc2nnc(-c3ccccc3)c(-c3ccccc3)c12. The summed E-state index contributed by atoms with van der Waals surface area (Å²) in [5.74, 6) is 0. The minimum atomic E-state index is -3.91. The first-order valence-electron chi connectivity index (χ1n) is 10.0. The second-order valence-corrected chi connectivity index (χ2v) is 8.92. The molecule has 3 aromatic carbocycles. The standard InChI is InChI=1S/C24H19N5O2S/c30-32(31,25-16-17-10-4-1-5-11-17)24-21-20(18-12-6-2-7-13-18)22(19-14-8-3-9-15-19)26-27-23(21)28-29-24/h1-15,25H,16H2,(H,27,28,29). The molecule has 0 unspecified atom stereocenters. The molecule has 0 fully saturated rings. The summed E-state index contributed by atoms with van der Waals surface area (Å²) in [5, 5.41) is 15.8. The highest BCUT2D eigenvalue weighted by atomic mass is 32.2. The minimum Gasteiger partial charge on any atom is -0.263 e. The molecule has 32 heavy (non-hydrogen) atoms. The lowest BCUT2D eigenvalue weighted by molar-refractivity contribution is 0.578. The van der Waals surface area contributed by atoms with Crippen LogP contribution < -0.4 is 4.72 Å². The minimum absolute atomic E-state index is 0.0330. The van der Waals surface area contributed by atoms with E-state index in [9.17, 15) is 8.42 Å². The van der Waals surface area contributed by atoms with Crippen LogP contribution in [0.1, 0.15) is 5.56 Å². The fourth-order valence-corrected chi connectivity index (χ4v) is 4.73. The molecule has 5 aromatic rings. The number of fused-ring (bicyclic) bond motifs is 1. The van der Waals surface area contributed by atoms with Crippen LogP contribution in [0.2, 0.25) is 0 Å². The van der Waals surface area contributed by atoms with E-state index in [-0.39, 0.29) is 17.2 Å². The average Bonchev–Trinajstić information content (AvgIpc) is 3.29. The van der Waals surface area contributed by atoms with Gasteiger partial charge in [0, 0.05) is 17.7 Å². The molecule has 0 amide bonds. The van der Waals surface area contributed by atoms with Gasteiger partial charge in [0.1, 0.15) is 5.69 Å². The van der Waals surface area contributed by atoms with Crippen molar-refractivity contribution in [3.63, 3.8) is 0 Å². The van der Waals surface area contributed by atoms with E-state index in [4.69, 9.17) is 0 Å². The number of hydrogen-bond donors (Lipinski definition) is 2. The summed E-state index contributed by atoms with van der Waals surface area (Å²) in [6.07, 6.45) is 0. The van der Waals surface area contributed by atoms with Crippen molar-refractivity contribution in [2.75, 3.05) is 0 Å². The van der Waals surface area contributed by atoms with Crippen LogP contribution in [-0.2, 0) is 16.6 Å². The molecule has 0 aliphatic heterocycles. The van der Waals surface area contributed by atoms with E-state index in [0.717, 1.165) is 16.7 Å². The number of rotatable bonds is 6. The molecule has 0 radical (unpaired) electrons. The van der Waals surface area contributed by atoms with Gasteiger partial charge < -0.3 is 0 Å². The predicted molar refractivity (Wildman–Crippen MR) is 123 cm³/mol. The molecule has 2 aromatic heterocycles. The molecule has 0 atom stereocenters. The molecule has 0 saturated carbocycles. The number of aromatic amines is 1. The van der Waals surface area contributed by atoms with Gasteiger partial charge in [0.15, 0.2) is 5.03 Å². The molecule has 0 spiro atoms. The average molecular weight is 442 g/mol. The largest absolute Gasteiger partial charge is 0.263 e. The van der Waals surface area contributed by atoms with Gasteiger partial charge in [-0.15, -0.1) is 10.2 Å². The number of nitrogens with zero attached hydrogens (tertiary/aromatic N) is 3. The van der Waals surface area contributed by atoms with Crippen molar-refractivity contribution in [3.8, 4) is 22.4 Å². The Balaban J connectivity index is 1.70. The lowest BCUT2D eigenvalue weighted by Gasteiger charge is -2.12. The Labute approximate surface area is 185 Å². The molecule has 0 aliphatic rings. The summed E-state index contributed by atoms with van der Waals surface area (Å²) in [6, 6.07) is 28.5. The molecule has 2 heterocycles. The number of benzene rings is 3. The Morgan fingerprint density at radius 3 is 2.00 bits per heavy atom. The molecular formula is C24H19N5O2S. The number of hydrogen-bond acceptors (Lipinski definition) is 5. The molecule has 7 nitrogen and oxygen atoms in total. The Hall–Kier alpha value is -3.88. The maximum absolute atomic E-state index is 13.3. The van der Waals surface area contributed by atoms with Gasteiger partial charge in [0.2, 0.25) is 5.65 Å². The third-order valence-electron chi connectivity index (χ3n) is 5.13. The van der Waals surface area contributed by atoms with E-state index < -0.39 is 10.0 Å². The van der Waals surface area contributed by atoms with Crippen LogP contribution in [0.15, 0.2) is 96.0 Å². The van der Waals surface area contributed by atoms with Gasteiger partial charge >= 0.3 is 0 Å². The van der Waals surface area contributed by atoms with E-state index >= 15 is 0 Å². The Bertz CT molecular complexity index is 1470.